The van der Waals surface area contributed by atoms with Crippen molar-refractivity contribution in [1.82, 2.24) is 14.9 Å². The van der Waals surface area contributed by atoms with Gasteiger partial charge in [-0.25, -0.2) is 13.1 Å². The number of sulfonamides is 1. The SMILES string of the molecule is CC(=O)c1ccc(S(=O)(=O)NCCC(=O)N2CCCC(C(=O)NC3CCCCC3)C2)cc1. The summed E-state index contributed by atoms with van der Waals surface area (Å²) >= 11 is 0. The Bertz CT molecular complexity index is 923. The Morgan fingerprint density at radius 3 is 2.34 bits per heavy atom. The van der Waals surface area contributed by atoms with E-state index in [4.69, 9.17) is 0 Å². The minimum absolute atomic E-state index is 0.0228. The molecule has 1 heterocycles. The number of ketones is 1. The van der Waals surface area contributed by atoms with E-state index < -0.39 is 10.0 Å². The number of Topliss-reactive ketones (excluding diaryl/α,β-unsaturated/α-hetero) is 1. The number of carbonyl (C=O) groups excluding carboxylic acids is 3. The van der Waals surface area contributed by atoms with Crippen LogP contribution >= 0.6 is 0 Å². The highest BCUT2D eigenvalue weighted by Crippen LogP contribution is 2.21. The van der Waals surface area contributed by atoms with Gasteiger partial charge in [-0.15, -0.1) is 0 Å². The van der Waals surface area contributed by atoms with Crippen LogP contribution in [0.15, 0.2) is 29.2 Å². The molecule has 176 valence electrons. The minimum atomic E-state index is -3.77. The molecule has 2 amide bonds. The van der Waals surface area contributed by atoms with Crippen LogP contribution in [0.4, 0.5) is 0 Å². The number of nitrogens with zero attached hydrogens (tertiary/aromatic N) is 1. The standard InChI is InChI=1S/C23H33N3O5S/c1-17(27)18-9-11-21(12-10-18)32(30,31)24-14-13-22(28)26-15-5-6-19(16-26)23(29)25-20-7-3-2-4-8-20/h9-12,19-20,24H,2-8,13-16H2,1H3,(H,25,29). The molecular weight excluding hydrogens is 430 g/mol. The number of likely N-dealkylation sites (tertiary alicyclic amines) is 1. The van der Waals surface area contributed by atoms with Gasteiger partial charge in [0.05, 0.1) is 10.8 Å². The van der Waals surface area contributed by atoms with Crippen LogP contribution in [-0.2, 0) is 19.6 Å². The third-order valence-electron chi connectivity index (χ3n) is 6.30. The molecule has 0 spiro atoms. The zero-order valence-corrected chi connectivity index (χ0v) is 19.5. The second-order valence-corrected chi connectivity index (χ2v) is 10.5. The van der Waals surface area contributed by atoms with Crippen LogP contribution in [0.2, 0.25) is 0 Å². The van der Waals surface area contributed by atoms with Gasteiger partial charge in [-0.1, -0.05) is 31.4 Å². The van der Waals surface area contributed by atoms with E-state index in [9.17, 15) is 22.8 Å². The summed E-state index contributed by atoms with van der Waals surface area (Å²) in [5.74, 6) is -0.468. The van der Waals surface area contributed by atoms with Gasteiger partial charge in [-0.05, 0) is 44.7 Å². The van der Waals surface area contributed by atoms with E-state index in [1.54, 1.807) is 4.90 Å². The molecular formula is C23H33N3O5S. The summed E-state index contributed by atoms with van der Waals surface area (Å²) in [6.45, 7) is 2.37. The molecule has 3 rings (SSSR count). The lowest BCUT2D eigenvalue weighted by molar-refractivity contribution is -0.135. The minimum Gasteiger partial charge on any atom is -0.353 e. The molecule has 1 saturated carbocycles. The van der Waals surface area contributed by atoms with Gasteiger partial charge < -0.3 is 10.2 Å². The first-order valence-electron chi connectivity index (χ1n) is 11.4. The van der Waals surface area contributed by atoms with Crippen molar-refractivity contribution in [3.05, 3.63) is 29.8 Å². The molecule has 0 radical (unpaired) electrons. The van der Waals surface area contributed by atoms with Crippen molar-refractivity contribution in [3.63, 3.8) is 0 Å². The summed E-state index contributed by atoms with van der Waals surface area (Å²) in [5, 5.41) is 3.15. The first kappa shape index (κ1) is 24.4. The number of nitrogens with one attached hydrogen (secondary N) is 2. The molecule has 1 aliphatic heterocycles. The molecule has 8 nitrogen and oxygen atoms in total. The highest BCUT2D eigenvalue weighted by Gasteiger charge is 2.29. The number of benzene rings is 1. The normalized spacial score (nSPS) is 20.0. The largest absolute Gasteiger partial charge is 0.353 e. The Kier molecular flexibility index (Phi) is 8.42. The third-order valence-corrected chi connectivity index (χ3v) is 7.78. The Balaban J connectivity index is 1.46. The van der Waals surface area contributed by atoms with Gasteiger partial charge in [-0.2, -0.15) is 0 Å². The molecule has 2 aliphatic rings. The monoisotopic (exact) mass is 463 g/mol. The fourth-order valence-electron chi connectivity index (χ4n) is 4.39. The Morgan fingerprint density at radius 2 is 1.69 bits per heavy atom. The number of piperidine rings is 1. The van der Waals surface area contributed by atoms with Crippen molar-refractivity contribution in [2.75, 3.05) is 19.6 Å². The number of rotatable bonds is 8. The van der Waals surface area contributed by atoms with E-state index in [0.717, 1.165) is 38.5 Å². The van der Waals surface area contributed by atoms with Crippen molar-refractivity contribution in [1.29, 1.82) is 0 Å². The van der Waals surface area contributed by atoms with Gasteiger partial charge in [0.25, 0.3) is 0 Å². The highest BCUT2D eigenvalue weighted by atomic mass is 32.2. The average Bonchev–Trinajstić information content (AvgIpc) is 2.79. The van der Waals surface area contributed by atoms with Gasteiger partial charge >= 0.3 is 0 Å². The molecule has 1 atom stereocenters. The maximum absolute atomic E-state index is 12.6. The van der Waals surface area contributed by atoms with Crippen LogP contribution in [-0.4, -0.2) is 56.6 Å². The van der Waals surface area contributed by atoms with Gasteiger partial charge in [0.15, 0.2) is 5.78 Å². The third kappa shape index (κ3) is 6.62. The number of amides is 2. The topological polar surface area (TPSA) is 113 Å². The number of carbonyl (C=O) groups is 3. The predicted molar refractivity (Wildman–Crippen MR) is 121 cm³/mol. The van der Waals surface area contributed by atoms with Crippen molar-refractivity contribution >= 4 is 27.6 Å². The van der Waals surface area contributed by atoms with Gasteiger partial charge in [0.1, 0.15) is 0 Å². The van der Waals surface area contributed by atoms with Crippen molar-refractivity contribution < 1.29 is 22.8 Å². The molecule has 0 bridgehead atoms. The van der Waals surface area contributed by atoms with E-state index in [0.29, 0.717) is 18.7 Å². The van der Waals surface area contributed by atoms with Gasteiger partial charge in [0.2, 0.25) is 21.8 Å². The van der Waals surface area contributed by atoms with Crippen LogP contribution in [0.25, 0.3) is 0 Å². The Hall–Kier alpha value is -2.26. The molecule has 1 aromatic rings. The summed E-state index contributed by atoms with van der Waals surface area (Å²) in [5.41, 5.74) is 0.436. The molecule has 32 heavy (non-hydrogen) atoms. The average molecular weight is 464 g/mol. The predicted octanol–water partition coefficient (Wildman–Crippen LogP) is 2.25. The Labute approximate surface area is 190 Å². The molecule has 1 saturated heterocycles. The summed E-state index contributed by atoms with van der Waals surface area (Å²) in [7, 11) is -3.77. The fraction of sp³-hybridized carbons (Fsp3) is 0.609. The second-order valence-electron chi connectivity index (χ2n) is 8.75. The smallest absolute Gasteiger partial charge is 0.240 e. The summed E-state index contributed by atoms with van der Waals surface area (Å²) < 4.78 is 27.3. The van der Waals surface area contributed by atoms with Crippen molar-refractivity contribution in [2.24, 2.45) is 5.92 Å². The first-order chi connectivity index (χ1) is 15.3. The zero-order valence-electron chi connectivity index (χ0n) is 18.6. The van der Waals surface area contributed by atoms with E-state index in [-0.39, 0.29) is 47.4 Å². The van der Waals surface area contributed by atoms with Crippen molar-refractivity contribution in [2.45, 2.75) is 69.2 Å². The van der Waals surface area contributed by atoms with Crippen molar-refractivity contribution in [3.8, 4) is 0 Å². The van der Waals surface area contributed by atoms with Crippen LogP contribution in [0.1, 0.15) is 68.6 Å². The lowest BCUT2D eigenvalue weighted by Gasteiger charge is -2.33. The van der Waals surface area contributed by atoms with Crippen LogP contribution in [0, 0.1) is 5.92 Å². The fourth-order valence-corrected chi connectivity index (χ4v) is 5.42. The summed E-state index contributed by atoms with van der Waals surface area (Å²) in [4.78, 5) is 38.3. The molecule has 2 N–H and O–H groups in total. The van der Waals surface area contributed by atoms with E-state index in [1.807, 2.05) is 0 Å². The summed E-state index contributed by atoms with van der Waals surface area (Å²) in [6, 6.07) is 5.94. The maximum Gasteiger partial charge on any atom is 0.240 e. The van der Waals surface area contributed by atoms with E-state index in [2.05, 4.69) is 10.0 Å². The van der Waals surface area contributed by atoms with Crippen LogP contribution in [0.5, 0.6) is 0 Å². The maximum atomic E-state index is 12.6. The van der Waals surface area contributed by atoms with Gasteiger partial charge in [-0.3, -0.25) is 14.4 Å². The summed E-state index contributed by atoms with van der Waals surface area (Å²) in [6.07, 6.45) is 7.15. The molecule has 1 aliphatic carbocycles. The molecule has 0 aromatic heterocycles. The number of hydrogen-bond acceptors (Lipinski definition) is 5. The lowest BCUT2D eigenvalue weighted by Crippen LogP contribution is -2.48. The second kappa shape index (κ2) is 11.0. The van der Waals surface area contributed by atoms with E-state index >= 15 is 0 Å². The zero-order chi connectivity index (χ0) is 23.1. The molecule has 2 fully saturated rings. The molecule has 1 unspecified atom stereocenters. The lowest BCUT2D eigenvalue weighted by atomic mass is 9.93. The highest BCUT2D eigenvalue weighted by molar-refractivity contribution is 7.89. The van der Waals surface area contributed by atoms with Gasteiger partial charge in [0, 0.05) is 37.7 Å². The first-order valence-corrected chi connectivity index (χ1v) is 12.9. The quantitative estimate of drug-likeness (QED) is 0.574. The van der Waals surface area contributed by atoms with E-state index in [1.165, 1.54) is 37.6 Å². The number of hydrogen-bond donors (Lipinski definition) is 2. The molecule has 9 heteroatoms. The molecule has 1 aromatic carbocycles. The Morgan fingerprint density at radius 1 is 1.00 bits per heavy atom. The van der Waals surface area contributed by atoms with Crippen LogP contribution in [0.3, 0.4) is 0 Å². The van der Waals surface area contributed by atoms with Crippen LogP contribution < -0.4 is 10.0 Å².